The molecule has 4 atom stereocenters. The van der Waals surface area contributed by atoms with Crippen LogP contribution in [0.3, 0.4) is 0 Å². The molecule has 0 aliphatic carbocycles. The van der Waals surface area contributed by atoms with Crippen LogP contribution < -0.4 is 21.7 Å². The third kappa shape index (κ3) is 6.53. The fourth-order valence-electron chi connectivity index (χ4n) is 4.31. The maximum absolute atomic E-state index is 13.1. The molecule has 2 fully saturated rings. The van der Waals surface area contributed by atoms with Gasteiger partial charge in [0.1, 0.15) is 18.1 Å². The van der Waals surface area contributed by atoms with Crippen LogP contribution in [-0.2, 0) is 30.4 Å². The number of primary amides is 1. The minimum absolute atomic E-state index is 0.0323. The Hall–Kier alpha value is -3.48. The van der Waals surface area contributed by atoms with Gasteiger partial charge in [-0.05, 0) is 38.6 Å². The van der Waals surface area contributed by atoms with Gasteiger partial charge >= 0.3 is 5.97 Å². The Bertz CT molecular complexity index is 899. The van der Waals surface area contributed by atoms with Crippen LogP contribution >= 0.6 is 0 Å². The molecule has 0 radical (unpaired) electrons. The summed E-state index contributed by atoms with van der Waals surface area (Å²) in [6, 6.07) is -3.49. The van der Waals surface area contributed by atoms with Gasteiger partial charge in [0.15, 0.2) is 0 Å². The van der Waals surface area contributed by atoms with Crippen molar-refractivity contribution in [3.8, 4) is 0 Å². The lowest BCUT2D eigenvalue weighted by Crippen LogP contribution is -2.57. The molecule has 4 amide bonds. The summed E-state index contributed by atoms with van der Waals surface area (Å²) in [4.78, 5) is 69.9. The Morgan fingerprint density at radius 2 is 1.97 bits per heavy atom. The normalized spacial score (nSPS) is 21.6. The van der Waals surface area contributed by atoms with Gasteiger partial charge in [-0.15, -0.1) is 0 Å². The minimum Gasteiger partial charge on any atom is -0.480 e. The Kier molecular flexibility index (Phi) is 8.57. The van der Waals surface area contributed by atoms with Crippen LogP contribution in [0, 0.1) is 0 Å². The lowest BCUT2D eigenvalue weighted by Gasteiger charge is -2.28. The van der Waals surface area contributed by atoms with E-state index in [9.17, 15) is 29.1 Å². The largest absolute Gasteiger partial charge is 0.480 e. The number of H-pyrrole nitrogens is 1. The van der Waals surface area contributed by atoms with Crippen molar-refractivity contribution in [3.05, 3.63) is 18.2 Å². The average Bonchev–Trinajstić information content (AvgIpc) is 3.57. The van der Waals surface area contributed by atoms with E-state index in [-0.39, 0.29) is 31.2 Å². The molecule has 2 aliphatic heterocycles. The summed E-state index contributed by atoms with van der Waals surface area (Å²) in [5.74, 6) is -3.34. The highest BCUT2D eigenvalue weighted by Gasteiger charge is 2.39. The number of carbonyl (C=O) groups excluding carboxylic acids is 4. The molecule has 186 valence electrons. The zero-order valence-electron chi connectivity index (χ0n) is 18.8. The molecular weight excluding hydrogens is 446 g/mol. The third-order valence-corrected chi connectivity index (χ3v) is 6.10. The fraction of sp³-hybridized carbons (Fsp3) is 0.619. The van der Waals surface area contributed by atoms with Crippen LogP contribution in [-0.4, -0.2) is 86.8 Å². The van der Waals surface area contributed by atoms with E-state index in [1.165, 1.54) is 12.5 Å². The number of carbonyl (C=O) groups is 5. The van der Waals surface area contributed by atoms with E-state index in [1.54, 1.807) is 4.90 Å². The van der Waals surface area contributed by atoms with Gasteiger partial charge in [-0.3, -0.25) is 19.2 Å². The van der Waals surface area contributed by atoms with Crippen LogP contribution in [0.5, 0.6) is 0 Å². The quantitative estimate of drug-likeness (QED) is 0.210. The van der Waals surface area contributed by atoms with Gasteiger partial charge < -0.3 is 36.7 Å². The maximum atomic E-state index is 13.1. The molecule has 13 heteroatoms. The second-order valence-corrected chi connectivity index (χ2v) is 8.59. The van der Waals surface area contributed by atoms with E-state index in [1.807, 2.05) is 0 Å². The van der Waals surface area contributed by atoms with Crippen LogP contribution in [0.4, 0.5) is 0 Å². The summed E-state index contributed by atoms with van der Waals surface area (Å²) in [7, 11) is 0. The summed E-state index contributed by atoms with van der Waals surface area (Å²) in [5.41, 5.74) is 5.65. The average molecular weight is 478 g/mol. The number of nitrogens with one attached hydrogen (secondary N) is 4. The molecule has 2 saturated heterocycles. The van der Waals surface area contributed by atoms with Crippen molar-refractivity contribution >= 4 is 29.6 Å². The minimum atomic E-state index is -1.35. The highest BCUT2D eigenvalue weighted by Crippen LogP contribution is 2.21. The molecule has 7 N–H and O–H groups in total. The number of imidazole rings is 1. The first-order valence-corrected chi connectivity index (χ1v) is 11.4. The van der Waals surface area contributed by atoms with Gasteiger partial charge in [-0.25, -0.2) is 9.78 Å². The Morgan fingerprint density at radius 3 is 2.59 bits per heavy atom. The number of likely N-dealkylation sites (tertiary alicyclic amines) is 1. The van der Waals surface area contributed by atoms with Gasteiger partial charge in [-0.1, -0.05) is 0 Å². The van der Waals surface area contributed by atoms with Crippen LogP contribution in [0.1, 0.15) is 44.2 Å². The standard InChI is InChI=1S/C21H31N7O6/c22-17(29)6-5-14(21(33)34)26-18(30)15(9-12-10-23-11-25-12)27-19(31)16-4-2-8-28(16)20(32)13-3-1-7-24-13/h10-11,13-16,24H,1-9H2,(H2,22,29)(H,23,25)(H,26,30)(H,27,31)(H,33,34). The molecule has 3 heterocycles. The molecule has 3 rings (SSSR count). The monoisotopic (exact) mass is 477 g/mol. The smallest absolute Gasteiger partial charge is 0.326 e. The summed E-state index contributed by atoms with van der Waals surface area (Å²) in [5, 5.41) is 17.6. The molecule has 1 aromatic heterocycles. The topological polar surface area (TPSA) is 200 Å². The molecule has 4 unspecified atom stereocenters. The van der Waals surface area contributed by atoms with E-state index in [0.29, 0.717) is 25.1 Å². The molecule has 1 aromatic rings. The van der Waals surface area contributed by atoms with E-state index >= 15 is 0 Å². The molecule has 2 aliphatic rings. The van der Waals surface area contributed by atoms with Gasteiger partial charge in [0.2, 0.25) is 23.6 Å². The molecule has 13 nitrogen and oxygen atoms in total. The molecule has 0 spiro atoms. The predicted octanol–water partition coefficient (Wildman–Crippen LogP) is -1.99. The molecule has 0 bridgehead atoms. The number of hydrogen-bond acceptors (Lipinski definition) is 7. The van der Waals surface area contributed by atoms with Crippen molar-refractivity contribution in [3.63, 3.8) is 0 Å². The van der Waals surface area contributed by atoms with Crippen LogP contribution in [0.2, 0.25) is 0 Å². The first-order chi connectivity index (χ1) is 16.3. The number of nitrogens with two attached hydrogens (primary N) is 1. The first kappa shape index (κ1) is 25.1. The second-order valence-electron chi connectivity index (χ2n) is 8.59. The number of rotatable bonds is 11. The Balaban J connectivity index is 1.70. The number of amides is 4. The summed E-state index contributed by atoms with van der Waals surface area (Å²) in [6.45, 7) is 1.22. The summed E-state index contributed by atoms with van der Waals surface area (Å²) >= 11 is 0. The lowest BCUT2D eigenvalue weighted by atomic mass is 10.1. The summed E-state index contributed by atoms with van der Waals surface area (Å²) < 4.78 is 0. The van der Waals surface area contributed by atoms with E-state index < -0.39 is 41.8 Å². The zero-order valence-corrected chi connectivity index (χ0v) is 18.8. The SMILES string of the molecule is NC(=O)CCC(NC(=O)C(Cc1cnc[nH]1)NC(=O)C1CCCN1C(=O)C1CCCN1)C(=O)O. The molecule has 34 heavy (non-hydrogen) atoms. The lowest BCUT2D eigenvalue weighted by molar-refractivity contribution is -0.143. The second kappa shape index (κ2) is 11.6. The van der Waals surface area contributed by atoms with Crippen molar-refractivity contribution in [2.24, 2.45) is 5.73 Å². The summed E-state index contributed by atoms with van der Waals surface area (Å²) in [6.07, 6.45) is 5.30. The van der Waals surface area contributed by atoms with Crippen molar-refractivity contribution in [1.82, 2.24) is 30.8 Å². The zero-order chi connectivity index (χ0) is 24.7. The predicted molar refractivity (Wildman–Crippen MR) is 118 cm³/mol. The Morgan fingerprint density at radius 1 is 1.18 bits per heavy atom. The number of carboxylic acid groups (broad SMARTS) is 1. The fourth-order valence-corrected chi connectivity index (χ4v) is 4.31. The van der Waals surface area contributed by atoms with Crippen LogP contribution in [0.15, 0.2) is 12.5 Å². The molecule has 0 aromatic carbocycles. The van der Waals surface area contributed by atoms with Crippen molar-refractivity contribution in [2.45, 2.75) is 69.1 Å². The highest BCUT2D eigenvalue weighted by molar-refractivity contribution is 5.94. The van der Waals surface area contributed by atoms with Crippen molar-refractivity contribution in [2.75, 3.05) is 13.1 Å². The van der Waals surface area contributed by atoms with Gasteiger partial charge in [-0.2, -0.15) is 0 Å². The van der Waals surface area contributed by atoms with Gasteiger partial charge in [0.05, 0.1) is 12.4 Å². The van der Waals surface area contributed by atoms with Crippen LogP contribution in [0.25, 0.3) is 0 Å². The number of carboxylic acids is 1. The highest BCUT2D eigenvalue weighted by atomic mass is 16.4. The number of nitrogens with zero attached hydrogens (tertiary/aromatic N) is 2. The third-order valence-electron chi connectivity index (χ3n) is 6.10. The Labute approximate surface area is 196 Å². The van der Waals surface area contributed by atoms with E-state index in [4.69, 9.17) is 5.73 Å². The first-order valence-electron chi connectivity index (χ1n) is 11.4. The van der Waals surface area contributed by atoms with E-state index in [0.717, 1.165) is 19.4 Å². The number of aliphatic carboxylic acids is 1. The number of aromatic amines is 1. The molecular formula is C21H31N7O6. The number of aromatic nitrogens is 2. The van der Waals surface area contributed by atoms with Gasteiger partial charge in [0.25, 0.3) is 0 Å². The molecule has 0 saturated carbocycles. The maximum Gasteiger partial charge on any atom is 0.326 e. The number of hydrogen-bond donors (Lipinski definition) is 6. The van der Waals surface area contributed by atoms with Crippen molar-refractivity contribution in [1.29, 1.82) is 0 Å². The van der Waals surface area contributed by atoms with Gasteiger partial charge in [0, 0.05) is 31.3 Å². The van der Waals surface area contributed by atoms with E-state index in [2.05, 4.69) is 25.9 Å². The van der Waals surface area contributed by atoms with Crippen molar-refractivity contribution < 1.29 is 29.1 Å².